The van der Waals surface area contributed by atoms with E-state index in [0.29, 0.717) is 5.69 Å². The minimum atomic E-state index is -3.24. The fourth-order valence-corrected chi connectivity index (χ4v) is 3.71. The number of hydrogen-bond donors (Lipinski definition) is 1. The van der Waals surface area contributed by atoms with Crippen molar-refractivity contribution in [1.29, 1.82) is 0 Å². The van der Waals surface area contributed by atoms with E-state index in [1.165, 1.54) is 4.88 Å². The highest BCUT2D eigenvalue weighted by Gasteiger charge is 2.08. The Morgan fingerprint density at radius 1 is 1.22 bits per heavy atom. The molecule has 0 unspecified atom stereocenters. The Morgan fingerprint density at radius 2 is 1.94 bits per heavy atom. The van der Waals surface area contributed by atoms with Crippen molar-refractivity contribution in [2.24, 2.45) is 0 Å². The maximum Gasteiger partial charge on any atom is 0.229 e. The average Bonchev–Trinajstić information content (AvgIpc) is 2.65. The molecule has 3 nitrogen and oxygen atoms in total. The molecule has 0 aliphatic carbocycles. The Balaban J connectivity index is 2.27. The van der Waals surface area contributed by atoms with E-state index in [1.54, 1.807) is 17.4 Å². The predicted octanol–water partition coefficient (Wildman–Crippen LogP) is 3.47. The number of hydrogen-bond acceptors (Lipinski definition) is 3. The van der Waals surface area contributed by atoms with Gasteiger partial charge in [0.05, 0.1) is 15.7 Å². The third-order valence-corrected chi connectivity index (χ3v) is 4.52. The standard InChI is InChI=1S/C12H12BrNO2S2/c1-18(15,16)14-11-5-3-2-4-9(11)8-10-6-7-12(13)17-10/h2-7,14H,8H2,1H3. The zero-order chi connectivity index (χ0) is 13.2. The smallest absolute Gasteiger partial charge is 0.229 e. The van der Waals surface area contributed by atoms with Gasteiger partial charge in [0, 0.05) is 11.3 Å². The number of sulfonamides is 1. The number of benzene rings is 1. The van der Waals surface area contributed by atoms with Gasteiger partial charge in [-0.15, -0.1) is 11.3 Å². The highest BCUT2D eigenvalue weighted by atomic mass is 79.9. The summed E-state index contributed by atoms with van der Waals surface area (Å²) in [6.45, 7) is 0. The maximum absolute atomic E-state index is 11.3. The van der Waals surface area contributed by atoms with Crippen LogP contribution in [0.5, 0.6) is 0 Å². The SMILES string of the molecule is CS(=O)(=O)Nc1ccccc1Cc1ccc(Br)s1. The number of thiophene rings is 1. The summed E-state index contributed by atoms with van der Waals surface area (Å²) in [6, 6.07) is 11.5. The van der Waals surface area contributed by atoms with Crippen molar-refractivity contribution in [1.82, 2.24) is 0 Å². The molecule has 2 aromatic rings. The van der Waals surface area contributed by atoms with E-state index < -0.39 is 10.0 Å². The third kappa shape index (κ3) is 3.83. The number of rotatable bonds is 4. The summed E-state index contributed by atoms with van der Waals surface area (Å²) >= 11 is 5.07. The lowest BCUT2D eigenvalue weighted by atomic mass is 10.1. The van der Waals surface area contributed by atoms with E-state index in [-0.39, 0.29) is 0 Å². The molecule has 0 bridgehead atoms. The predicted molar refractivity (Wildman–Crippen MR) is 79.7 cm³/mol. The lowest BCUT2D eigenvalue weighted by Gasteiger charge is -2.09. The lowest BCUT2D eigenvalue weighted by molar-refractivity contribution is 0.606. The zero-order valence-corrected chi connectivity index (χ0v) is 12.9. The normalized spacial score (nSPS) is 11.4. The molecule has 0 fully saturated rings. The molecule has 0 aliphatic heterocycles. The molecule has 2 rings (SSSR count). The molecule has 0 aliphatic rings. The van der Waals surface area contributed by atoms with Crippen LogP contribution in [0.2, 0.25) is 0 Å². The first kappa shape index (κ1) is 13.6. The Kier molecular flexibility index (Phi) is 4.09. The first-order valence-electron chi connectivity index (χ1n) is 5.24. The summed E-state index contributed by atoms with van der Waals surface area (Å²) in [4.78, 5) is 1.18. The number of anilines is 1. The van der Waals surface area contributed by atoms with Crippen LogP contribution in [-0.2, 0) is 16.4 Å². The second-order valence-electron chi connectivity index (χ2n) is 3.91. The van der Waals surface area contributed by atoms with Crippen molar-refractivity contribution in [3.05, 3.63) is 50.6 Å². The molecule has 0 radical (unpaired) electrons. The molecule has 1 N–H and O–H groups in total. The Morgan fingerprint density at radius 3 is 2.56 bits per heavy atom. The second-order valence-corrected chi connectivity index (χ2v) is 8.21. The van der Waals surface area contributed by atoms with E-state index in [0.717, 1.165) is 22.0 Å². The molecule has 0 atom stereocenters. The van der Waals surface area contributed by atoms with Crippen molar-refractivity contribution in [2.45, 2.75) is 6.42 Å². The summed E-state index contributed by atoms with van der Waals surface area (Å²) in [5.41, 5.74) is 1.61. The molecular weight excluding hydrogens is 334 g/mol. The van der Waals surface area contributed by atoms with Crippen molar-refractivity contribution in [3.8, 4) is 0 Å². The van der Waals surface area contributed by atoms with Gasteiger partial charge >= 0.3 is 0 Å². The van der Waals surface area contributed by atoms with Gasteiger partial charge in [-0.25, -0.2) is 8.42 Å². The van der Waals surface area contributed by atoms with E-state index >= 15 is 0 Å². The van der Waals surface area contributed by atoms with Gasteiger partial charge in [0.25, 0.3) is 0 Å². The Bertz CT molecular complexity index is 650. The van der Waals surface area contributed by atoms with Gasteiger partial charge in [0.15, 0.2) is 0 Å². The van der Waals surface area contributed by atoms with E-state index in [9.17, 15) is 8.42 Å². The highest BCUT2D eigenvalue weighted by molar-refractivity contribution is 9.11. The van der Waals surface area contributed by atoms with Crippen LogP contribution in [0.25, 0.3) is 0 Å². The molecule has 96 valence electrons. The largest absolute Gasteiger partial charge is 0.283 e. The molecule has 6 heteroatoms. The van der Waals surface area contributed by atoms with E-state index in [2.05, 4.69) is 20.7 Å². The molecule has 0 amide bonds. The summed E-state index contributed by atoms with van der Waals surface area (Å²) in [5, 5.41) is 0. The van der Waals surface area contributed by atoms with Gasteiger partial charge in [-0.05, 0) is 39.7 Å². The van der Waals surface area contributed by atoms with Crippen molar-refractivity contribution >= 4 is 43.0 Å². The van der Waals surface area contributed by atoms with Crippen molar-refractivity contribution in [2.75, 3.05) is 11.0 Å². The van der Waals surface area contributed by atoms with Gasteiger partial charge in [0.2, 0.25) is 10.0 Å². The summed E-state index contributed by atoms with van der Waals surface area (Å²) in [6.07, 6.45) is 1.88. The van der Waals surface area contributed by atoms with Crippen molar-refractivity contribution < 1.29 is 8.42 Å². The van der Waals surface area contributed by atoms with E-state index in [1.807, 2.05) is 30.3 Å². The van der Waals surface area contributed by atoms with Gasteiger partial charge in [0.1, 0.15) is 0 Å². The zero-order valence-electron chi connectivity index (χ0n) is 9.68. The maximum atomic E-state index is 11.3. The summed E-state index contributed by atoms with van der Waals surface area (Å²) in [7, 11) is -3.24. The van der Waals surface area contributed by atoms with Gasteiger partial charge in [-0.2, -0.15) is 0 Å². The average molecular weight is 346 g/mol. The lowest BCUT2D eigenvalue weighted by Crippen LogP contribution is -2.11. The Hall–Kier alpha value is -0.850. The quantitative estimate of drug-likeness (QED) is 0.921. The van der Waals surface area contributed by atoms with Crippen LogP contribution >= 0.6 is 27.3 Å². The van der Waals surface area contributed by atoms with Crippen molar-refractivity contribution in [3.63, 3.8) is 0 Å². The molecule has 0 saturated carbocycles. The van der Waals surface area contributed by atoms with Crippen LogP contribution in [0, 0.1) is 0 Å². The van der Waals surface area contributed by atoms with E-state index in [4.69, 9.17) is 0 Å². The van der Waals surface area contributed by atoms with Gasteiger partial charge < -0.3 is 0 Å². The summed E-state index contributed by atoms with van der Waals surface area (Å²) < 4.78 is 26.2. The fourth-order valence-electron chi connectivity index (χ4n) is 1.61. The molecule has 1 aromatic heterocycles. The first-order chi connectivity index (χ1) is 8.44. The molecule has 0 spiro atoms. The minimum Gasteiger partial charge on any atom is -0.283 e. The van der Waals surface area contributed by atoms with Crippen LogP contribution in [-0.4, -0.2) is 14.7 Å². The van der Waals surface area contributed by atoms with Crippen LogP contribution < -0.4 is 4.72 Å². The van der Waals surface area contributed by atoms with Crippen LogP contribution in [0.1, 0.15) is 10.4 Å². The van der Waals surface area contributed by atoms with Crippen LogP contribution in [0.15, 0.2) is 40.2 Å². The highest BCUT2D eigenvalue weighted by Crippen LogP contribution is 2.27. The minimum absolute atomic E-state index is 0.643. The monoisotopic (exact) mass is 345 g/mol. The molecule has 1 aromatic carbocycles. The second kappa shape index (κ2) is 5.42. The number of halogens is 1. The topological polar surface area (TPSA) is 46.2 Å². The Labute approximate surface area is 119 Å². The van der Waals surface area contributed by atoms with Gasteiger partial charge in [-0.3, -0.25) is 4.72 Å². The molecule has 1 heterocycles. The molecule has 0 saturated heterocycles. The fraction of sp³-hybridized carbons (Fsp3) is 0.167. The van der Waals surface area contributed by atoms with Gasteiger partial charge in [-0.1, -0.05) is 18.2 Å². The number of para-hydroxylation sites is 1. The van der Waals surface area contributed by atoms with Crippen LogP contribution in [0.4, 0.5) is 5.69 Å². The van der Waals surface area contributed by atoms with Crippen LogP contribution in [0.3, 0.4) is 0 Å². The number of nitrogens with one attached hydrogen (secondary N) is 1. The molecule has 18 heavy (non-hydrogen) atoms. The third-order valence-electron chi connectivity index (χ3n) is 2.31. The molecular formula is C12H12BrNO2S2. The first-order valence-corrected chi connectivity index (χ1v) is 8.74. The summed E-state index contributed by atoms with van der Waals surface area (Å²) in [5.74, 6) is 0.